The average Bonchev–Trinajstić information content (AvgIpc) is 3.07. The third-order valence-electron chi connectivity index (χ3n) is 8.22. The summed E-state index contributed by atoms with van der Waals surface area (Å²) < 4.78 is 42.7. The van der Waals surface area contributed by atoms with E-state index < -0.39 is 10.1 Å². The molecule has 7 heteroatoms. The van der Waals surface area contributed by atoms with E-state index in [9.17, 15) is 13.0 Å². The fraction of sp³-hybridized carbons (Fsp3) is 0.205. The molecule has 0 unspecified atom stereocenters. The fourth-order valence-corrected chi connectivity index (χ4v) is 6.60. The lowest BCUT2D eigenvalue weighted by Gasteiger charge is -2.21. The van der Waals surface area contributed by atoms with E-state index in [0.717, 1.165) is 76.5 Å². The summed E-state index contributed by atoms with van der Waals surface area (Å²) in [7, 11) is -4.55. The van der Waals surface area contributed by atoms with Crippen molar-refractivity contribution in [1.82, 2.24) is 0 Å². The Balaban J connectivity index is 1.76. The number of anilines is 1. The molecule has 2 aliphatic rings. The van der Waals surface area contributed by atoms with Gasteiger partial charge >= 0.3 is 0 Å². The molecular formula is C39H38N2O4S. The van der Waals surface area contributed by atoms with Crippen LogP contribution in [0.1, 0.15) is 39.5 Å². The van der Waals surface area contributed by atoms with Crippen LogP contribution in [0.5, 0.6) is 0 Å². The van der Waals surface area contributed by atoms with Gasteiger partial charge in [0, 0.05) is 64.1 Å². The van der Waals surface area contributed by atoms with Crippen molar-refractivity contribution in [1.29, 1.82) is 0 Å². The number of unbranched alkanes of at least 4 members (excludes halogenated alkanes) is 2. The lowest BCUT2D eigenvalue weighted by Crippen LogP contribution is -2.10. The minimum Gasteiger partial charge on any atom is -0.456 e. The van der Waals surface area contributed by atoms with E-state index in [1.165, 1.54) is 6.07 Å². The topological polar surface area (TPSA) is 91.9 Å². The summed E-state index contributed by atoms with van der Waals surface area (Å²) in [5.41, 5.74) is 7.22. The highest BCUT2D eigenvalue weighted by Crippen LogP contribution is 2.45. The van der Waals surface area contributed by atoms with Gasteiger partial charge < -0.3 is 9.73 Å². The number of nitrogens with zero attached hydrogens (tertiary/aromatic N) is 1. The highest BCUT2D eigenvalue weighted by molar-refractivity contribution is 7.86. The largest absolute Gasteiger partial charge is 0.456 e. The Kier molecular flexibility index (Phi) is 9.33. The number of fused-ring (bicyclic) bond motifs is 2. The van der Waals surface area contributed by atoms with E-state index in [4.69, 9.17) is 9.41 Å². The van der Waals surface area contributed by atoms with Crippen LogP contribution in [0.2, 0.25) is 0 Å². The van der Waals surface area contributed by atoms with Crippen LogP contribution in [0.3, 0.4) is 0 Å². The van der Waals surface area contributed by atoms with E-state index in [2.05, 4.69) is 37.4 Å². The summed E-state index contributed by atoms with van der Waals surface area (Å²) in [5, 5.41) is 5.16. The number of hydrogen-bond donors (Lipinski definition) is 2. The van der Waals surface area contributed by atoms with Gasteiger partial charge in [-0.3, -0.25) is 9.55 Å². The number of hydrogen-bond acceptors (Lipinski definition) is 5. The van der Waals surface area contributed by atoms with Crippen LogP contribution in [-0.4, -0.2) is 26.1 Å². The molecule has 0 atom stereocenters. The van der Waals surface area contributed by atoms with Gasteiger partial charge in [-0.25, -0.2) is 0 Å². The van der Waals surface area contributed by atoms with Crippen molar-refractivity contribution in [2.75, 3.05) is 18.4 Å². The Morgan fingerprint density at radius 3 is 2.04 bits per heavy atom. The zero-order chi connectivity index (χ0) is 32.1. The van der Waals surface area contributed by atoms with Gasteiger partial charge in [-0.05, 0) is 42.2 Å². The van der Waals surface area contributed by atoms with Gasteiger partial charge in [-0.2, -0.15) is 8.42 Å². The molecule has 6 rings (SSSR count). The Morgan fingerprint density at radius 1 is 0.717 bits per heavy atom. The molecule has 4 aromatic carbocycles. The second-order valence-corrected chi connectivity index (χ2v) is 12.8. The maximum Gasteiger partial charge on any atom is 0.295 e. The standard InChI is InChI=1S/C39H38N2O4S/c1-3-5-21-40-34-25-36-32(23-30(34)27-15-9-7-10-16-27)39(29-19-13-14-20-38(29)46(42,43)44)33-24-31(28-17-11-8-12-18-28)35(26-37(33)45-36)41-22-6-4-2/h7-20,23-26,40H,3-6,21-22H2,1-2H3,(H,42,43,44). The van der Waals surface area contributed by atoms with E-state index >= 15 is 0 Å². The van der Waals surface area contributed by atoms with Gasteiger partial charge in [0.2, 0.25) is 0 Å². The molecule has 234 valence electrons. The summed E-state index contributed by atoms with van der Waals surface area (Å²) in [6, 6.07) is 34.9. The van der Waals surface area contributed by atoms with Crippen LogP contribution in [-0.2, 0) is 10.1 Å². The number of benzene rings is 5. The minimum absolute atomic E-state index is 0.159. The predicted molar refractivity (Wildman–Crippen MR) is 188 cm³/mol. The number of nitrogens with one attached hydrogen (secondary N) is 1. The zero-order valence-corrected chi connectivity index (χ0v) is 27.0. The molecule has 0 radical (unpaired) electrons. The van der Waals surface area contributed by atoms with Gasteiger partial charge in [0.25, 0.3) is 10.1 Å². The quantitative estimate of drug-likeness (QED) is 0.0845. The first-order chi connectivity index (χ1) is 22.4. The molecule has 0 spiro atoms. The summed E-state index contributed by atoms with van der Waals surface area (Å²) in [4.78, 5) is 4.82. The maximum absolute atomic E-state index is 12.8. The van der Waals surface area contributed by atoms with Crippen molar-refractivity contribution in [3.05, 3.63) is 115 Å². The average molecular weight is 631 g/mol. The molecule has 1 heterocycles. The summed E-state index contributed by atoms with van der Waals surface area (Å²) >= 11 is 0. The normalized spacial score (nSPS) is 12.2. The van der Waals surface area contributed by atoms with E-state index in [1.807, 2.05) is 66.7 Å². The van der Waals surface area contributed by atoms with Crippen molar-refractivity contribution >= 4 is 26.8 Å². The molecular weight excluding hydrogens is 593 g/mol. The predicted octanol–water partition coefficient (Wildman–Crippen LogP) is 9.70. The lowest BCUT2D eigenvalue weighted by molar-refractivity contribution is 0.483. The summed E-state index contributed by atoms with van der Waals surface area (Å²) in [5.74, 6) is 0.578. The van der Waals surface area contributed by atoms with Crippen LogP contribution in [0.4, 0.5) is 5.69 Å². The second kappa shape index (κ2) is 13.7. The summed E-state index contributed by atoms with van der Waals surface area (Å²) in [6.07, 6.45) is 4.06. The molecule has 0 amide bonds. The van der Waals surface area contributed by atoms with Crippen LogP contribution < -0.4 is 10.7 Å². The highest BCUT2D eigenvalue weighted by Gasteiger charge is 2.25. The Labute approximate surface area is 270 Å². The zero-order valence-electron chi connectivity index (χ0n) is 26.2. The first kappa shape index (κ1) is 31.3. The van der Waals surface area contributed by atoms with Gasteiger partial charge in [-0.15, -0.1) is 0 Å². The SMILES string of the molecule is CCCCN=c1cc2oc3cc(NCCCC)c(-c4ccccc4)cc3c(-c3ccccc3S(=O)(=O)O)c-2cc1-c1ccccc1. The van der Waals surface area contributed by atoms with Crippen LogP contribution in [0, 0.1) is 0 Å². The fourth-order valence-electron chi connectivity index (χ4n) is 5.90. The molecule has 2 N–H and O–H groups in total. The maximum atomic E-state index is 12.8. The van der Waals surface area contributed by atoms with Crippen LogP contribution >= 0.6 is 0 Å². The van der Waals surface area contributed by atoms with Crippen molar-refractivity contribution in [2.45, 2.75) is 44.4 Å². The Morgan fingerprint density at radius 2 is 1.37 bits per heavy atom. The molecule has 0 fully saturated rings. The summed E-state index contributed by atoms with van der Waals surface area (Å²) in [6.45, 7) is 5.78. The molecule has 1 aliphatic heterocycles. The van der Waals surface area contributed by atoms with Crippen molar-refractivity contribution in [3.63, 3.8) is 0 Å². The smallest absolute Gasteiger partial charge is 0.295 e. The molecule has 6 nitrogen and oxygen atoms in total. The van der Waals surface area contributed by atoms with Crippen molar-refractivity contribution in [3.8, 4) is 44.7 Å². The Bertz CT molecular complexity index is 2120. The second-order valence-electron chi connectivity index (χ2n) is 11.5. The third kappa shape index (κ3) is 6.48. The van der Waals surface area contributed by atoms with Crippen LogP contribution in [0.15, 0.2) is 123 Å². The first-order valence-corrected chi connectivity index (χ1v) is 17.3. The molecule has 0 saturated carbocycles. The molecule has 4 aromatic rings. The van der Waals surface area contributed by atoms with Crippen molar-refractivity contribution < 1.29 is 17.4 Å². The van der Waals surface area contributed by atoms with Gasteiger partial charge in [0.1, 0.15) is 16.2 Å². The molecule has 46 heavy (non-hydrogen) atoms. The highest BCUT2D eigenvalue weighted by atomic mass is 32.2. The van der Waals surface area contributed by atoms with Crippen molar-refractivity contribution in [2.24, 2.45) is 4.99 Å². The number of rotatable bonds is 11. The minimum atomic E-state index is -4.55. The first-order valence-electron chi connectivity index (χ1n) is 15.9. The van der Waals surface area contributed by atoms with Crippen LogP contribution in [0.25, 0.3) is 55.7 Å². The van der Waals surface area contributed by atoms with Gasteiger partial charge in [-0.1, -0.05) is 106 Å². The monoisotopic (exact) mass is 630 g/mol. The van der Waals surface area contributed by atoms with E-state index in [-0.39, 0.29) is 4.90 Å². The molecule has 0 bridgehead atoms. The van der Waals surface area contributed by atoms with Gasteiger partial charge in [0.05, 0.1) is 5.36 Å². The molecule has 0 saturated heterocycles. The molecule has 0 aromatic heterocycles. The molecule has 1 aliphatic carbocycles. The Hall–Kier alpha value is -4.72. The third-order valence-corrected chi connectivity index (χ3v) is 9.13. The van der Waals surface area contributed by atoms with Gasteiger partial charge in [0.15, 0.2) is 0 Å². The van der Waals surface area contributed by atoms with E-state index in [0.29, 0.717) is 29.0 Å². The van der Waals surface area contributed by atoms with E-state index in [1.54, 1.807) is 18.2 Å². The lowest BCUT2D eigenvalue weighted by atomic mass is 9.89.